The summed E-state index contributed by atoms with van der Waals surface area (Å²) in [5, 5.41) is 0. The molecule has 0 fully saturated rings. The second-order valence-corrected chi connectivity index (χ2v) is 7.32. The number of hydrogen-bond acceptors (Lipinski definition) is 5. The summed E-state index contributed by atoms with van der Waals surface area (Å²) in [6, 6.07) is 7.71. The lowest BCUT2D eigenvalue weighted by Gasteiger charge is -2.12. The van der Waals surface area contributed by atoms with Crippen LogP contribution in [0, 0.1) is 13.8 Å². The maximum absolute atomic E-state index is 13.3. The highest BCUT2D eigenvalue weighted by Crippen LogP contribution is 2.29. The third-order valence-corrected chi connectivity index (χ3v) is 5.59. The van der Waals surface area contributed by atoms with Crippen molar-refractivity contribution in [1.82, 2.24) is 23.1 Å². The summed E-state index contributed by atoms with van der Waals surface area (Å²) in [6.07, 6.45) is 0. The third-order valence-electron chi connectivity index (χ3n) is 5.59. The quantitative estimate of drug-likeness (QED) is 0.424. The summed E-state index contributed by atoms with van der Waals surface area (Å²) in [5.41, 5.74) is 2.58. The Bertz CT molecular complexity index is 1390. The fraction of sp³-hybridized carbons (Fsp3) is 0.409. The summed E-state index contributed by atoms with van der Waals surface area (Å²) in [6.45, 7) is 9.27. The highest BCUT2D eigenvalue weighted by atomic mass is 16.5. The van der Waals surface area contributed by atoms with Gasteiger partial charge < -0.3 is 9.47 Å². The van der Waals surface area contributed by atoms with Gasteiger partial charge in [-0.3, -0.25) is 22.9 Å². The normalized spacial score (nSPS) is 11.6. The average molecular weight is 425 g/mol. The molecule has 4 rings (SSSR count). The van der Waals surface area contributed by atoms with Gasteiger partial charge >= 0.3 is 5.69 Å². The number of para-hydroxylation sites is 2. The molecule has 9 nitrogen and oxygen atoms in total. The molecule has 4 aromatic rings. The van der Waals surface area contributed by atoms with Gasteiger partial charge in [0.15, 0.2) is 11.2 Å². The van der Waals surface area contributed by atoms with E-state index in [9.17, 15) is 9.59 Å². The van der Waals surface area contributed by atoms with Crippen LogP contribution in [0.4, 0.5) is 0 Å². The molecule has 0 amide bonds. The zero-order chi connectivity index (χ0) is 22.3. The Morgan fingerprint density at radius 2 is 1.77 bits per heavy atom. The monoisotopic (exact) mass is 425 g/mol. The number of imidazole rings is 2. The number of nitrogens with zero attached hydrogens (tertiary/aromatic N) is 5. The minimum Gasteiger partial charge on any atom is -0.492 e. The Labute approximate surface area is 179 Å². The minimum absolute atomic E-state index is 0.189. The number of rotatable bonds is 7. The van der Waals surface area contributed by atoms with Crippen molar-refractivity contribution in [3.8, 4) is 11.4 Å². The first-order valence-corrected chi connectivity index (χ1v) is 10.4. The van der Waals surface area contributed by atoms with Crippen LogP contribution >= 0.6 is 0 Å². The van der Waals surface area contributed by atoms with Crippen molar-refractivity contribution in [3.63, 3.8) is 0 Å². The molecule has 3 heterocycles. The van der Waals surface area contributed by atoms with Crippen molar-refractivity contribution in [2.24, 2.45) is 7.05 Å². The Kier molecular flexibility index (Phi) is 5.45. The van der Waals surface area contributed by atoms with Crippen LogP contribution in [0.25, 0.3) is 22.6 Å². The third kappa shape index (κ3) is 3.16. The number of fused-ring (bicyclic) bond motifs is 3. The van der Waals surface area contributed by atoms with E-state index in [1.165, 1.54) is 9.13 Å². The van der Waals surface area contributed by atoms with Gasteiger partial charge in [0, 0.05) is 25.0 Å². The van der Waals surface area contributed by atoms with Crippen LogP contribution in [0.1, 0.15) is 25.2 Å². The van der Waals surface area contributed by atoms with Crippen molar-refractivity contribution < 1.29 is 9.47 Å². The van der Waals surface area contributed by atoms with E-state index in [2.05, 4.69) is 0 Å². The smallest absolute Gasteiger partial charge is 0.332 e. The fourth-order valence-corrected chi connectivity index (χ4v) is 3.96. The number of aryl methyl sites for hydroxylation is 2. The van der Waals surface area contributed by atoms with Gasteiger partial charge in [-0.1, -0.05) is 12.1 Å². The van der Waals surface area contributed by atoms with Crippen LogP contribution in [-0.2, 0) is 18.3 Å². The summed E-state index contributed by atoms with van der Waals surface area (Å²) in [7, 11) is 1.63. The molecule has 1 aromatic carbocycles. The van der Waals surface area contributed by atoms with Crippen molar-refractivity contribution in [3.05, 3.63) is 56.5 Å². The zero-order valence-electron chi connectivity index (χ0n) is 18.5. The van der Waals surface area contributed by atoms with E-state index in [4.69, 9.17) is 14.5 Å². The van der Waals surface area contributed by atoms with Gasteiger partial charge in [-0.05, 0) is 39.8 Å². The maximum Gasteiger partial charge on any atom is 0.332 e. The van der Waals surface area contributed by atoms with Crippen molar-refractivity contribution in [2.75, 3.05) is 19.8 Å². The van der Waals surface area contributed by atoms with Gasteiger partial charge in [-0.15, -0.1) is 0 Å². The molecule has 0 radical (unpaired) electrons. The summed E-state index contributed by atoms with van der Waals surface area (Å²) in [4.78, 5) is 30.9. The van der Waals surface area contributed by atoms with Gasteiger partial charge in [0.2, 0.25) is 5.78 Å². The van der Waals surface area contributed by atoms with Crippen LogP contribution < -0.4 is 16.0 Å². The van der Waals surface area contributed by atoms with E-state index in [0.717, 1.165) is 22.8 Å². The van der Waals surface area contributed by atoms with Gasteiger partial charge in [0.25, 0.3) is 5.56 Å². The molecular weight excluding hydrogens is 398 g/mol. The lowest BCUT2D eigenvalue weighted by atomic mass is 10.2. The molecular formula is C22H27N5O4. The molecule has 0 aliphatic heterocycles. The number of aromatic nitrogens is 5. The number of benzene rings is 1. The van der Waals surface area contributed by atoms with Crippen molar-refractivity contribution >= 4 is 16.9 Å². The van der Waals surface area contributed by atoms with Crippen molar-refractivity contribution in [1.29, 1.82) is 0 Å². The Hall–Kier alpha value is -3.33. The topological polar surface area (TPSA) is 84.7 Å². The molecule has 0 aliphatic rings. The van der Waals surface area contributed by atoms with Crippen LogP contribution in [0.3, 0.4) is 0 Å². The van der Waals surface area contributed by atoms with E-state index in [1.54, 1.807) is 7.05 Å². The highest BCUT2D eigenvalue weighted by Gasteiger charge is 2.24. The van der Waals surface area contributed by atoms with Gasteiger partial charge in [-0.2, -0.15) is 4.98 Å². The zero-order valence-corrected chi connectivity index (χ0v) is 18.5. The molecule has 0 N–H and O–H groups in total. The molecule has 164 valence electrons. The van der Waals surface area contributed by atoms with Crippen LogP contribution in [-0.4, -0.2) is 42.9 Å². The van der Waals surface area contributed by atoms with E-state index in [0.29, 0.717) is 36.8 Å². The molecule has 0 atom stereocenters. The van der Waals surface area contributed by atoms with Crippen LogP contribution in [0.15, 0.2) is 33.9 Å². The fourth-order valence-electron chi connectivity index (χ4n) is 3.96. The highest BCUT2D eigenvalue weighted by molar-refractivity contribution is 5.77. The van der Waals surface area contributed by atoms with Crippen LogP contribution in [0.5, 0.6) is 5.75 Å². The predicted octanol–water partition coefficient (Wildman–Crippen LogP) is 2.19. The average Bonchev–Trinajstić information content (AvgIpc) is 3.26. The lowest BCUT2D eigenvalue weighted by Crippen LogP contribution is -2.40. The lowest BCUT2D eigenvalue weighted by molar-refractivity contribution is 0.137. The summed E-state index contributed by atoms with van der Waals surface area (Å²) < 4.78 is 17.6. The van der Waals surface area contributed by atoms with E-state index >= 15 is 0 Å². The Balaban J connectivity index is 2.07. The second kappa shape index (κ2) is 8.07. The largest absolute Gasteiger partial charge is 0.492 e. The van der Waals surface area contributed by atoms with E-state index < -0.39 is 5.69 Å². The van der Waals surface area contributed by atoms with Gasteiger partial charge in [-0.25, -0.2) is 4.79 Å². The van der Waals surface area contributed by atoms with E-state index in [-0.39, 0.29) is 12.1 Å². The SMILES string of the molecule is CCOCCn1c(=O)c2c(nc3n(-c4ccccc4OCC)c(C)c(C)n23)n(C)c1=O. The van der Waals surface area contributed by atoms with Crippen molar-refractivity contribution in [2.45, 2.75) is 34.2 Å². The summed E-state index contributed by atoms with van der Waals surface area (Å²) in [5.74, 6) is 1.28. The van der Waals surface area contributed by atoms with Gasteiger partial charge in [0.1, 0.15) is 5.75 Å². The standard InChI is InChI=1S/C22H27N5O4/c1-6-30-13-12-25-20(28)18-19(24(5)22(25)29)23-21-26(14(3)15(4)27(18)21)16-10-8-9-11-17(16)31-7-2/h8-11H,6-7,12-13H2,1-5H3. The second-order valence-electron chi connectivity index (χ2n) is 7.32. The predicted molar refractivity (Wildman–Crippen MR) is 119 cm³/mol. The molecule has 0 unspecified atom stereocenters. The molecule has 0 spiro atoms. The molecule has 9 heteroatoms. The first-order valence-electron chi connectivity index (χ1n) is 10.4. The first kappa shape index (κ1) is 20.9. The molecule has 3 aromatic heterocycles. The minimum atomic E-state index is -0.409. The van der Waals surface area contributed by atoms with Gasteiger partial charge in [0.05, 0.1) is 25.4 Å². The van der Waals surface area contributed by atoms with Crippen LogP contribution in [0.2, 0.25) is 0 Å². The molecule has 0 bridgehead atoms. The molecule has 0 aliphatic carbocycles. The maximum atomic E-state index is 13.3. The first-order chi connectivity index (χ1) is 14.9. The Morgan fingerprint density at radius 3 is 2.48 bits per heavy atom. The molecule has 31 heavy (non-hydrogen) atoms. The summed E-state index contributed by atoms with van der Waals surface area (Å²) >= 11 is 0. The number of ether oxygens (including phenoxy) is 2. The Morgan fingerprint density at radius 1 is 1.03 bits per heavy atom. The number of hydrogen-bond donors (Lipinski definition) is 0. The van der Waals surface area contributed by atoms with E-state index in [1.807, 2.05) is 60.9 Å². The molecule has 0 saturated carbocycles. The molecule has 0 saturated heterocycles.